The number of aromatic nitrogens is 2. The normalized spacial score (nSPS) is 21.2. The van der Waals surface area contributed by atoms with Crippen molar-refractivity contribution in [3.63, 3.8) is 0 Å². The lowest BCUT2D eigenvalue weighted by molar-refractivity contribution is -0.140. The SMILES string of the molecule is CN(C)C(=O)[C@@H]1CC[C@H](CN[C@@H](c2ccc(F)cc2)c2ncc[nH]2)O1. The molecule has 1 aromatic heterocycles. The van der Waals surface area contributed by atoms with Gasteiger partial charge in [-0.2, -0.15) is 0 Å². The third-order valence-electron chi connectivity index (χ3n) is 4.37. The van der Waals surface area contributed by atoms with Crippen molar-refractivity contribution in [2.75, 3.05) is 20.6 Å². The van der Waals surface area contributed by atoms with Crippen molar-refractivity contribution in [2.24, 2.45) is 0 Å². The van der Waals surface area contributed by atoms with E-state index in [4.69, 9.17) is 4.74 Å². The van der Waals surface area contributed by atoms with Crippen LogP contribution in [-0.2, 0) is 9.53 Å². The number of likely N-dealkylation sites (N-methyl/N-ethyl adjacent to an activating group) is 1. The maximum absolute atomic E-state index is 13.2. The van der Waals surface area contributed by atoms with Crippen LogP contribution in [0.4, 0.5) is 4.39 Å². The second-order valence-corrected chi connectivity index (χ2v) is 6.42. The molecule has 1 aliphatic heterocycles. The monoisotopic (exact) mass is 346 g/mol. The van der Waals surface area contributed by atoms with Gasteiger partial charge >= 0.3 is 0 Å². The van der Waals surface area contributed by atoms with Gasteiger partial charge in [0.2, 0.25) is 0 Å². The Hall–Kier alpha value is -2.25. The van der Waals surface area contributed by atoms with Gasteiger partial charge < -0.3 is 19.9 Å². The lowest BCUT2D eigenvalue weighted by Crippen LogP contribution is -2.36. The fourth-order valence-electron chi connectivity index (χ4n) is 3.04. The first kappa shape index (κ1) is 17.6. The van der Waals surface area contributed by atoms with E-state index in [0.29, 0.717) is 6.54 Å². The van der Waals surface area contributed by atoms with Crippen LogP contribution in [0.3, 0.4) is 0 Å². The number of halogens is 1. The summed E-state index contributed by atoms with van der Waals surface area (Å²) >= 11 is 0. The molecule has 1 saturated heterocycles. The van der Waals surface area contributed by atoms with Crippen LogP contribution < -0.4 is 5.32 Å². The number of amides is 1. The number of carbonyl (C=O) groups excluding carboxylic acids is 1. The highest BCUT2D eigenvalue weighted by atomic mass is 19.1. The second-order valence-electron chi connectivity index (χ2n) is 6.42. The van der Waals surface area contributed by atoms with Crippen LogP contribution in [0, 0.1) is 5.82 Å². The van der Waals surface area contributed by atoms with Crippen molar-refractivity contribution in [1.29, 1.82) is 0 Å². The smallest absolute Gasteiger partial charge is 0.251 e. The summed E-state index contributed by atoms with van der Waals surface area (Å²) in [4.78, 5) is 21.0. The Morgan fingerprint density at radius 1 is 1.40 bits per heavy atom. The lowest BCUT2D eigenvalue weighted by Gasteiger charge is -2.21. The van der Waals surface area contributed by atoms with Gasteiger partial charge in [0.05, 0.1) is 12.1 Å². The van der Waals surface area contributed by atoms with Crippen LogP contribution in [0.2, 0.25) is 0 Å². The van der Waals surface area contributed by atoms with Crippen LogP contribution in [0.15, 0.2) is 36.7 Å². The highest BCUT2D eigenvalue weighted by Crippen LogP contribution is 2.23. The van der Waals surface area contributed by atoms with Crippen molar-refractivity contribution in [2.45, 2.75) is 31.1 Å². The van der Waals surface area contributed by atoms with E-state index in [1.807, 2.05) is 0 Å². The summed E-state index contributed by atoms with van der Waals surface area (Å²) in [5, 5.41) is 3.42. The minimum absolute atomic E-state index is 0.00335. The average Bonchev–Trinajstić information content (AvgIpc) is 3.28. The van der Waals surface area contributed by atoms with E-state index < -0.39 is 0 Å². The Morgan fingerprint density at radius 3 is 2.80 bits per heavy atom. The molecule has 2 aromatic rings. The molecule has 1 aliphatic rings. The van der Waals surface area contributed by atoms with Gasteiger partial charge in [0.1, 0.15) is 17.7 Å². The molecular weight excluding hydrogens is 323 g/mol. The Kier molecular flexibility index (Phi) is 5.45. The summed E-state index contributed by atoms with van der Waals surface area (Å²) in [5.41, 5.74) is 0.912. The Balaban J connectivity index is 1.64. The van der Waals surface area contributed by atoms with Gasteiger partial charge in [-0.3, -0.25) is 4.79 Å². The van der Waals surface area contributed by atoms with Crippen molar-refractivity contribution in [1.82, 2.24) is 20.2 Å². The number of hydrogen-bond acceptors (Lipinski definition) is 4. The van der Waals surface area contributed by atoms with Gasteiger partial charge in [-0.15, -0.1) is 0 Å². The van der Waals surface area contributed by atoms with Crippen LogP contribution in [0.5, 0.6) is 0 Å². The number of rotatable bonds is 6. The van der Waals surface area contributed by atoms with E-state index in [9.17, 15) is 9.18 Å². The zero-order chi connectivity index (χ0) is 17.8. The number of H-pyrrole nitrogens is 1. The molecule has 3 rings (SSSR count). The minimum atomic E-state index is -0.366. The lowest BCUT2D eigenvalue weighted by atomic mass is 10.1. The van der Waals surface area contributed by atoms with Crippen LogP contribution in [0.25, 0.3) is 0 Å². The molecule has 0 aliphatic carbocycles. The quantitative estimate of drug-likeness (QED) is 0.838. The third-order valence-corrected chi connectivity index (χ3v) is 4.37. The highest BCUT2D eigenvalue weighted by Gasteiger charge is 2.32. The number of aromatic amines is 1. The Bertz CT molecular complexity index is 688. The van der Waals surface area contributed by atoms with Crippen molar-refractivity contribution >= 4 is 5.91 Å². The predicted molar refractivity (Wildman–Crippen MR) is 91.4 cm³/mol. The molecule has 6 nitrogen and oxygen atoms in total. The number of carbonyl (C=O) groups is 1. The molecule has 1 aromatic carbocycles. The largest absolute Gasteiger partial charge is 0.364 e. The van der Waals surface area contributed by atoms with Gasteiger partial charge in [-0.25, -0.2) is 9.37 Å². The molecule has 0 saturated carbocycles. The summed E-state index contributed by atoms with van der Waals surface area (Å²) in [5.74, 6) is 0.486. The molecule has 1 amide bonds. The zero-order valence-electron chi connectivity index (χ0n) is 14.4. The number of imidazole rings is 1. The first-order valence-corrected chi connectivity index (χ1v) is 8.39. The number of nitrogens with one attached hydrogen (secondary N) is 2. The zero-order valence-corrected chi connectivity index (χ0v) is 14.4. The molecule has 1 fully saturated rings. The van der Waals surface area contributed by atoms with Crippen LogP contribution in [0.1, 0.15) is 30.3 Å². The van der Waals surface area contributed by atoms with E-state index in [1.54, 1.807) is 43.5 Å². The van der Waals surface area contributed by atoms with E-state index in [-0.39, 0.29) is 30.0 Å². The highest BCUT2D eigenvalue weighted by molar-refractivity contribution is 5.80. The summed E-state index contributed by atoms with van der Waals surface area (Å²) in [6, 6.07) is 6.16. The van der Waals surface area contributed by atoms with Crippen molar-refractivity contribution in [3.05, 3.63) is 53.9 Å². The standard InChI is InChI=1S/C18H23FN4O2/c1-23(2)18(24)15-8-7-14(25-15)11-22-16(17-20-9-10-21-17)12-3-5-13(19)6-4-12/h3-6,9-10,14-16,22H,7-8,11H2,1-2H3,(H,20,21)/t14-,15+,16+/m1/s1. The van der Waals surface area contributed by atoms with E-state index in [1.165, 1.54) is 12.1 Å². The van der Waals surface area contributed by atoms with Crippen molar-refractivity contribution < 1.29 is 13.9 Å². The van der Waals surface area contributed by atoms with Gasteiger partial charge in [0.15, 0.2) is 0 Å². The topological polar surface area (TPSA) is 70.2 Å². The third kappa shape index (κ3) is 4.24. The van der Waals surface area contributed by atoms with E-state index in [0.717, 1.165) is 24.2 Å². The van der Waals surface area contributed by atoms with Crippen molar-refractivity contribution in [3.8, 4) is 0 Å². The molecule has 134 valence electrons. The second kappa shape index (κ2) is 7.76. The van der Waals surface area contributed by atoms with Gasteiger partial charge in [0, 0.05) is 33.0 Å². The average molecular weight is 346 g/mol. The fourth-order valence-corrected chi connectivity index (χ4v) is 3.04. The van der Waals surface area contributed by atoms with Crippen LogP contribution in [-0.4, -0.2) is 53.6 Å². The summed E-state index contributed by atoms with van der Waals surface area (Å²) < 4.78 is 19.1. The predicted octanol–water partition coefficient (Wildman–Crippen LogP) is 1.86. The summed E-state index contributed by atoms with van der Waals surface area (Å²) in [6.45, 7) is 0.583. The summed E-state index contributed by atoms with van der Waals surface area (Å²) in [6.07, 6.45) is 4.59. The van der Waals surface area contributed by atoms with Gasteiger partial charge in [-0.1, -0.05) is 12.1 Å². The molecule has 7 heteroatoms. The van der Waals surface area contributed by atoms with E-state index in [2.05, 4.69) is 15.3 Å². The molecule has 0 bridgehead atoms. The minimum Gasteiger partial charge on any atom is -0.364 e. The number of nitrogens with zero attached hydrogens (tertiary/aromatic N) is 2. The number of ether oxygens (including phenoxy) is 1. The van der Waals surface area contributed by atoms with Gasteiger partial charge in [-0.05, 0) is 30.5 Å². The molecule has 0 radical (unpaired) electrons. The Labute approximate surface area is 146 Å². The maximum Gasteiger partial charge on any atom is 0.251 e. The Morgan fingerprint density at radius 2 is 2.16 bits per heavy atom. The number of benzene rings is 1. The van der Waals surface area contributed by atoms with Gasteiger partial charge in [0.25, 0.3) is 5.91 Å². The molecule has 0 unspecified atom stereocenters. The molecule has 2 heterocycles. The maximum atomic E-state index is 13.2. The molecular formula is C18H23FN4O2. The molecule has 0 spiro atoms. The molecule has 2 N–H and O–H groups in total. The fraction of sp³-hybridized carbons (Fsp3) is 0.444. The van der Waals surface area contributed by atoms with Crippen LogP contribution >= 0.6 is 0 Å². The molecule has 3 atom stereocenters. The first-order valence-electron chi connectivity index (χ1n) is 8.39. The van der Waals surface area contributed by atoms with E-state index >= 15 is 0 Å². The summed E-state index contributed by atoms with van der Waals surface area (Å²) in [7, 11) is 3.47. The molecule has 25 heavy (non-hydrogen) atoms. The first-order chi connectivity index (χ1) is 12.0. The number of hydrogen-bond donors (Lipinski definition) is 2.